The molecule has 1 fully saturated rings. The molecule has 1 aromatic rings. The van der Waals surface area contributed by atoms with Crippen molar-refractivity contribution in [2.45, 2.75) is 73.1 Å². The lowest BCUT2D eigenvalue weighted by Crippen LogP contribution is -2.41. The third-order valence-corrected chi connectivity index (χ3v) is 4.49. The first kappa shape index (κ1) is 20.6. The van der Waals surface area contributed by atoms with Crippen LogP contribution in [0.1, 0.15) is 59.6 Å². The van der Waals surface area contributed by atoms with Crippen LogP contribution in [0.15, 0.2) is 12.1 Å². The summed E-state index contributed by atoms with van der Waals surface area (Å²) in [6.07, 6.45) is 0. The van der Waals surface area contributed by atoms with Crippen molar-refractivity contribution in [2.75, 3.05) is 0 Å². The first-order valence-corrected chi connectivity index (χ1v) is 8.42. The highest BCUT2D eigenvalue weighted by molar-refractivity contribution is 6.62. The Hall–Kier alpha value is -1.40. The molecule has 1 aliphatic rings. The Kier molecular flexibility index (Phi) is 6.59. The largest absolute Gasteiger partial charge is 0.497 e. The number of rotatable bonds is 3. The maximum absolute atomic E-state index is 14.4. The van der Waals surface area contributed by atoms with E-state index in [0.717, 1.165) is 11.1 Å². The van der Waals surface area contributed by atoms with Gasteiger partial charge in [0, 0.05) is 18.9 Å². The number of benzene rings is 1. The number of halogens is 1. The average Bonchev–Trinajstić information content (AvgIpc) is 2.69. The molecule has 1 heterocycles. The number of hydrogen-bond donors (Lipinski definition) is 1. The predicted molar refractivity (Wildman–Crippen MR) is 95.7 cm³/mol. The summed E-state index contributed by atoms with van der Waals surface area (Å²) in [6, 6.07) is 3.17. The zero-order chi connectivity index (χ0) is 18.7. The number of aryl methyl sites for hydroxylation is 1. The third kappa shape index (κ3) is 4.36. The van der Waals surface area contributed by atoms with Crippen molar-refractivity contribution in [3.05, 3.63) is 29.1 Å². The molecule has 1 amide bonds. The molecular weight excluding hydrogens is 308 g/mol. The van der Waals surface area contributed by atoms with E-state index < -0.39 is 18.3 Å². The second kappa shape index (κ2) is 7.66. The minimum absolute atomic E-state index is 0.144. The van der Waals surface area contributed by atoms with Crippen molar-refractivity contribution in [3.8, 4) is 0 Å². The van der Waals surface area contributed by atoms with Crippen LogP contribution in [0.25, 0.3) is 0 Å². The fourth-order valence-corrected chi connectivity index (χ4v) is 2.31. The number of carbonyl (C=O) groups is 1. The molecule has 0 bridgehead atoms. The maximum atomic E-state index is 14.4. The first-order valence-electron chi connectivity index (χ1n) is 8.42. The molecule has 0 saturated carbocycles. The number of hydrogen-bond acceptors (Lipinski definition) is 3. The van der Waals surface area contributed by atoms with Gasteiger partial charge in [-0.1, -0.05) is 19.9 Å². The van der Waals surface area contributed by atoms with Crippen LogP contribution in [0, 0.1) is 12.7 Å². The molecule has 24 heavy (non-hydrogen) atoms. The zero-order valence-corrected chi connectivity index (χ0v) is 16.0. The van der Waals surface area contributed by atoms with Crippen molar-refractivity contribution in [2.24, 2.45) is 0 Å². The number of nitrogens with one attached hydrogen (secondary N) is 1. The van der Waals surface area contributed by atoms with Gasteiger partial charge in [-0.3, -0.25) is 4.79 Å². The van der Waals surface area contributed by atoms with Gasteiger partial charge in [-0.25, -0.2) is 4.39 Å². The average molecular weight is 337 g/mol. The Morgan fingerprint density at radius 1 is 1.17 bits per heavy atom. The van der Waals surface area contributed by atoms with Crippen LogP contribution in [0.4, 0.5) is 4.39 Å². The molecule has 0 spiro atoms. The summed E-state index contributed by atoms with van der Waals surface area (Å²) in [4.78, 5) is 11.0. The van der Waals surface area contributed by atoms with E-state index in [4.69, 9.17) is 9.31 Å². The molecule has 0 aliphatic carbocycles. The van der Waals surface area contributed by atoms with Crippen LogP contribution in [0.2, 0.25) is 0 Å². The second-order valence-corrected chi connectivity index (χ2v) is 6.80. The molecule has 1 N–H and O–H groups in total. The van der Waals surface area contributed by atoms with E-state index in [1.54, 1.807) is 6.07 Å². The summed E-state index contributed by atoms with van der Waals surface area (Å²) in [5, 5.41) is 2.68. The van der Waals surface area contributed by atoms with E-state index in [2.05, 4.69) is 5.32 Å². The zero-order valence-electron chi connectivity index (χ0n) is 16.0. The number of carbonyl (C=O) groups excluding carboxylic acids is 1. The SMILES string of the molecule is CC.CC(=O)NCc1cc(F)c(B2OC(C)(C)C(C)(C)O2)cc1C. The highest BCUT2D eigenvalue weighted by Gasteiger charge is 2.52. The number of amides is 1. The Morgan fingerprint density at radius 3 is 2.12 bits per heavy atom. The van der Waals surface area contributed by atoms with Gasteiger partial charge in [-0.2, -0.15) is 0 Å². The van der Waals surface area contributed by atoms with E-state index in [-0.39, 0.29) is 11.7 Å². The van der Waals surface area contributed by atoms with Crippen molar-refractivity contribution >= 4 is 18.5 Å². The van der Waals surface area contributed by atoms with Crippen LogP contribution >= 0.6 is 0 Å². The van der Waals surface area contributed by atoms with Crippen molar-refractivity contribution in [1.29, 1.82) is 0 Å². The van der Waals surface area contributed by atoms with E-state index >= 15 is 0 Å². The van der Waals surface area contributed by atoms with E-state index in [9.17, 15) is 9.18 Å². The normalized spacial score (nSPS) is 18.0. The summed E-state index contributed by atoms with van der Waals surface area (Å²) in [5.74, 6) is -0.528. The molecule has 0 aromatic heterocycles. The van der Waals surface area contributed by atoms with Gasteiger partial charge in [0.15, 0.2) is 0 Å². The molecule has 0 radical (unpaired) electrons. The van der Waals surface area contributed by atoms with Gasteiger partial charge in [0.05, 0.1) is 11.2 Å². The molecule has 1 saturated heterocycles. The van der Waals surface area contributed by atoms with Crippen molar-refractivity contribution < 1.29 is 18.5 Å². The molecule has 134 valence electrons. The lowest BCUT2D eigenvalue weighted by molar-refractivity contribution is -0.119. The Labute approximate surface area is 145 Å². The fraction of sp³-hybridized carbons (Fsp3) is 0.611. The molecule has 4 nitrogen and oxygen atoms in total. The lowest BCUT2D eigenvalue weighted by atomic mass is 9.77. The summed E-state index contributed by atoms with van der Waals surface area (Å²) in [5.41, 5.74) is 1.01. The monoisotopic (exact) mass is 337 g/mol. The van der Waals surface area contributed by atoms with Crippen molar-refractivity contribution in [1.82, 2.24) is 5.32 Å². The van der Waals surface area contributed by atoms with Gasteiger partial charge < -0.3 is 14.6 Å². The molecule has 1 aliphatic heterocycles. The van der Waals surface area contributed by atoms with Gasteiger partial charge in [0.1, 0.15) is 5.82 Å². The molecule has 0 atom stereocenters. The van der Waals surface area contributed by atoms with E-state index in [1.807, 2.05) is 48.5 Å². The molecular formula is C18H29BFNO3. The summed E-state index contributed by atoms with van der Waals surface area (Å²) >= 11 is 0. The standard InChI is InChI=1S/C16H23BFNO3.C2H6/c1-10-7-13(14(18)8-12(10)9-19-11(2)20)17-21-15(3,4)16(5,6)22-17;1-2/h7-8H,9H2,1-6H3,(H,19,20);1-2H3. The third-order valence-electron chi connectivity index (χ3n) is 4.49. The van der Waals surface area contributed by atoms with Gasteiger partial charge in [0.25, 0.3) is 0 Å². The van der Waals surface area contributed by atoms with Gasteiger partial charge in [-0.15, -0.1) is 0 Å². The van der Waals surface area contributed by atoms with E-state index in [1.165, 1.54) is 13.0 Å². The van der Waals surface area contributed by atoms with Crippen LogP contribution < -0.4 is 10.8 Å². The van der Waals surface area contributed by atoms with Crippen LogP contribution in [0.3, 0.4) is 0 Å². The smallest absolute Gasteiger partial charge is 0.399 e. The van der Waals surface area contributed by atoms with Crippen molar-refractivity contribution in [3.63, 3.8) is 0 Å². The summed E-state index contributed by atoms with van der Waals surface area (Å²) in [6.45, 7) is 15.4. The quantitative estimate of drug-likeness (QED) is 0.863. The minimum Gasteiger partial charge on any atom is -0.399 e. The molecule has 1 aromatic carbocycles. The predicted octanol–water partition coefficient (Wildman–Crippen LogP) is 3.10. The second-order valence-electron chi connectivity index (χ2n) is 6.80. The van der Waals surface area contributed by atoms with Crippen LogP contribution in [-0.4, -0.2) is 24.2 Å². The fourth-order valence-electron chi connectivity index (χ4n) is 2.31. The van der Waals surface area contributed by atoms with Gasteiger partial charge in [0.2, 0.25) is 5.91 Å². The summed E-state index contributed by atoms with van der Waals surface area (Å²) in [7, 11) is -0.724. The highest BCUT2D eigenvalue weighted by Crippen LogP contribution is 2.36. The van der Waals surface area contributed by atoms with Crippen LogP contribution in [-0.2, 0) is 20.6 Å². The Morgan fingerprint density at radius 2 is 1.67 bits per heavy atom. The minimum atomic E-state index is -0.724. The first-order chi connectivity index (χ1) is 11.0. The lowest BCUT2D eigenvalue weighted by Gasteiger charge is -2.32. The Balaban J connectivity index is 0.00000139. The maximum Gasteiger partial charge on any atom is 0.497 e. The topological polar surface area (TPSA) is 47.6 Å². The van der Waals surface area contributed by atoms with E-state index in [0.29, 0.717) is 12.0 Å². The molecule has 6 heteroatoms. The molecule has 2 rings (SSSR count). The highest BCUT2D eigenvalue weighted by atomic mass is 19.1. The van der Waals surface area contributed by atoms with Gasteiger partial charge in [-0.05, 0) is 51.8 Å². The Bertz CT molecular complexity index is 586. The van der Waals surface area contributed by atoms with Gasteiger partial charge >= 0.3 is 7.12 Å². The summed E-state index contributed by atoms with van der Waals surface area (Å²) < 4.78 is 26.2. The van der Waals surface area contributed by atoms with Crippen LogP contribution in [0.5, 0.6) is 0 Å². The molecule has 0 unspecified atom stereocenters.